The molecule has 0 saturated carbocycles. The summed E-state index contributed by atoms with van der Waals surface area (Å²) in [6.07, 6.45) is 2.01. The third-order valence-corrected chi connectivity index (χ3v) is 2.67. The van der Waals surface area contributed by atoms with E-state index in [1.807, 2.05) is 0 Å². The zero-order valence-electron chi connectivity index (χ0n) is 8.14. The highest BCUT2D eigenvalue weighted by Crippen LogP contribution is 2.39. The first-order valence-electron chi connectivity index (χ1n) is 4.73. The van der Waals surface area contributed by atoms with E-state index in [4.69, 9.17) is 19.8 Å². The van der Waals surface area contributed by atoms with Crippen LogP contribution in [0.5, 0.6) is 0 Å². The second-order valence-electron chi connectivity index (χ2n) is 3.67. The molecule has 82 valence electrons. The Morgan fingerprint density at radius 2 is 2.44 bits per heavy atom. The molecule has 0 amide bonds. The molecule has 1 aliphatic carbocycles. The highest BCUT2D eigenvalue weighted by molar-refractivity contribution is 5.86. The lowest BCUT2D eigenvalue weighted by Gasteiger charge is -2.14. The largest absolute Gasteiger partial charge is 0.475 e. The molecule has 1 unspecified atom stereocenters. The van der Waals surface area contributed by atoms with E-state index in [1.165, 1.54) is 12.3 Å². The number of carboxylic acid groups (broad SMARTS) is 1. The number of furan rings is 1. The maximum absolute atomic E-state index is 10.8. The zero-order valence-corrected chi connectivity index (χ0v) is 8.14. The summed E-state index contributed by atoms with van der Waals surface area (Å²) in [5.41, 5.74) is 7.27. The first-order chi connectivity index (χ1) is 7.66. The highest BCUT2D eigenvalue weighted by Gasteiger charge is 2.30. The Morgan fingerprint density at radius 3 is 3.19 bits per heavy atom. The molecular formula is C10H8N2O4. The van der Waals surface area contributed by atoms with Gasteiger partial charge in [-0.25, -0.2) is 4.79 Å². The third kappa shape index (κ3) is 1.10. The van der Waals surface area contributed by atoms with Gasteiger partial charge in [0.05, 0.1) is 11.8 Å². The van der Waals surface area contributed by atoms with Crippen molar-refractivity contribution in [1.29, 1.82) is 0 Å². The Labute approximate surface area is 89.6 Å². The topological polar surface area (TPSA) is 102 Å². The molecule has 0 aliphatic heterocycles. The monoisotopic (exact) mass is 220 g/mol. The number of hydrogen-bond acceptors (Lipinski definition) is 5. The van der Waals surface area contributed by atoms with Crippen LogP contribution in [0.15, 0.2) is 21.2 Å². The summed E-state index contributed by atoms with van der Waals surface area (Å²) >= 11 is 0. The average molecular weight is 220 g/mol. The molecule has 16 heavy (non-hydrogen) atoms. The Balaban J connectivity index is 2.23. The Morgan fingerprint density at radius 1 is 1.62 bits per heavy atom. The van der Waals surface area contributed by atoms with Crippen LogP contribution in [-0.4, -0.2) is 16.2 Å². The molecule has 6 nitrogen and oxygen atoms in total. The summed E-state index contributed by atoms with van der Waals surface area (Å²) in [6.45, 7) is 0. The fourth-order valence-electron chi connectivity index (χ4n) is 1.90. The van der Waals surface area contributed by atoms with Crippen molar-refractivity contribution >= 4 is 5.97 Å². The highest BCUT2D eigenvalue weighted by atomic mass is 16.5. The average Bonchev–Trinajstić information content (AvgIpc) is 2.80. The van der Waals surface area contributed by atoms with Crippen LogP contribution < -0.4 is 5.73 Å². The molecular weight excluding hydrogens is 212 g/mol. The van der Waals surface area contributed by atoms with Crippen molar-refractivity contribution < 1.29 is 18.8 Å². The Hall–Kier alpha value is -2.08. The summed E-state index contributed by atoms with van der Waals surface area (Å²) < 4.78 is 10.3. The van der Waals surface area contributed by atoms with Gasteiger partial charge < -0.3 is 19.8 Å². The predicted octanol–water partition coefficient (Wildman–Crippen LogP) is 1.19. The maximum Gasteiger partial charge on any atom is 0.371 e. The Bertz CT molecular complexity index is 569. The lowest BCUT2D eigenvalue weighted by Crippen LogP contribution is -2.16. The van der Waals surface area contributed by atoms with E-state index in [1.54, 1.807) is 0 Å². The zero-order chi connectivity index (χ0) is 11.3. The van der Waals surface area contributed by atoms with Crippen molar-refractivity contribution in [3.8, 4) is 11.3 Å². The number of nitrogens with zero attached hydrogens (tertiary/aromatic N) is 1. The van der Waals surface area contributed by atoms with Crippen molar-refractivity contribution in [2.75, 3.05) is 0 Å². The fraction of sp³-hybridized carbons (Fsp3) is 0.200. The van der Waals surface area contributed by atoms with E-state index < -0.39 is 5.97 Å². The molecule has 6 heteroatoms. The number of carboxylic acids is 1. The van der Waals surface area contributed by atoms with E-state index in [9.17, 15) is 4.79 Å². The molecule has 3 rings (SSSR count). The minimum atomic E-state index is -1.11. The quantitative estimate of drug-likeness (QED) is 0.748. The molecule has 0 spiro atoms. The first kappa shape index (κ1) is 9.17. The van der Waals surface area contributed by atoms with Crippen LogP contribution in [0.1, 0.15) is 27.9 Å². The smallest absolute Gasteiger partial charge is 0.371 e. The molecule has 3 N–H and O–H groups in total. The predicted molar refractivity (Wildman–Crippen MR) is 51.8 cm³/mol. The molecule has 0 radical (unpaired) electrons. The van der Waals surface area contributed by atoms with Gasteiger partial charge in [0.1, 0.15) is 11.5 Å². The number of carbonyl (C=O) groups is 1. The normalized spacial score (nSPS) is 17.9. The van der Waals surface area contributed by atoms with Crippen LogP contribution in [0.2, 0.25) is 0 Å². The molecule has 0 saturated heterocycles. The molecule has 0 bridgehead atoms. The van der Waals surface area contributed by atoms with Crippen molar-refractivity contribution in [2.24, 2.45) is 5.73 Å². The van der Waals surface area contributed by atoms with Crippen LogP contribution in [0.3, 0.4) is 0 Å². The van der Waals surface area contributed by atoms with Gasteiger partial charge in [-0.2, -0.15) is 0 Å². The second kappa shape index (κ2) is 2.96. The van der Waals surface area contributed by atoms with Gasteiger partial charge in [-0.05, 0) is 6.07 Å². The van der Waals surface area contributed by atoms with Gasteiger partial charge in [-0.3, -0.25) is 0 Å². The van der Waals surface area contributed by atoms with E-state index in [2.05, 4.69) is 5.16 Å². The molecule has 2 aromatic rings. The van der Waals surface area contributed by atoms with Gasteiger partial charge in [0, 0.05) is 18.0 Å². The summed E-state index contributed by atoms with van der Waals surface area (Å²) in [6, 6.07) is 1.14. The van der Waals surface area contributed by atoms with Crippen LogP contribution in [0.4, 0.5) is 0 Å². The second-order valence-corrected chi connectivity index (χ2v) is 3.67. The molecule has 1 aliphatic rings. The molecule has 0 aromatic carbocycles. The van der Waals surface area contributed by atoms with Gasteiger partial charge >= 0.3 is 5.97 Å². The number of nitrogens with two attached hydrogens (primary N) is 1. The number of rotatable bonds is 1. The Kier molecular flexibility index (Phi) is 1.69. The summed E-state index contributed by atoms with van der Waals surface area (Å²) in [5.74, 6) is -0.146. The van der Waals surface area contributed by atoms with Crippen molar-refractivity contribution in [3.63, 3.8) is 0 Å². The number of fused-ring (bicyclic) bond motifs is 3. The SMILES string of the molecule is NC1Cc2oncc2-c2oc(C(=O)O)cc21. The number of aromatic nitrogens is 1. The number of aromatic carboxylic acids is 1. The molecule has 2 heterocycles. The van der Waals surface area contributed by atoms with Gasteiger partial charge in [-0.1, -0.05) is 5.16 Å². The van der Waals surface area contributed by atoms with Crippen molar-refractivity contribution in [3.05, 3.63) is 29.3 Å². The van der Waals surface area contributed by atoms with Gasteiger partial charge in [-0.15, -0.1) is 0 Å². The first-order valence-corrected chi connectivity index (χ1v) is 4.73. The van der Waals surface area contributed by atoms with Crippen molar-refractivity contribution in [1.82, 2.24) is 5.16 Å². The van der Waals surface area contributed by atoms with Crippen LogP contribution in [0.25, 0.3) is 11.3 Å². The lowest BCUT2D eigenvalue weighted by atomic mass is 9.93. The van der Waals surface area contributed by atoms with Gasteiger partial charge in [0.25, 0.3) is 0 Å². The fourth-order valence-corrected chi connectivity index (χ4v) is 1.90. The standard InChI is InChI=1S/C10H8N2O4/c11-6-2-7-5(3-12-16-7)9-4(6)1-8(15-9)10(13)14/h1,3,6H,2,11H2,(H,13,14). The third-order valence-electron chi connectivity index (χ3n) is 2.67. The summed E-state index contributed by atoms with van der Waals surface area (Å²) in [5, 5.41) is 12.5. The van der Waals surface area contributed by atoms with Gasteiger partial charge in [0.2, 0.25) is 5.76 Å². The van der Waals surface area contributed by atoms with E-state index in [0.717, 1.165) is 0 Å². The molecule has 2 aromatic heterocycles. The molecule has 1 atom stereocenters. The van der Waals surface area contributed by atoms with Crippen LogP contribution in [-0.2, 0) is 6.42 Å². The van der Waals surface area contributed by atoms with Crippen LogP contribution >= 0.6 is 0 Å². The van der Waals surface area contributed by atoms with E-state index in [0.29, 0.717) is 29.1 Å². The lowest BCUT2D eigenvalue weighted by molar-refractivity contribution is 0.0663. The maximum atomic E-state index is 10.8. The van der Waals surface area contributed by atoms with Gasteiger partial charge in [0.15, 0.2) is 0 Å². The molecule has 0 fully saturated rings. The van der Waals surface area contributed by atoms with Crippen LogP contribution in [0, 0.1) is 0 Å². The minimum Gasteiger partial charge on any atom is -0.475 e. The minimum absolute atomic E-state index is 0.116. The summed E-state index contributed by atoms with van der Waals surface area (Å²) in [7, 11) is 0. The van der Waals surface area contributed by atoms with E-state index >= 15 is 0 Å². The number of hydrogen-bond donors (Lipinski definition) is 2. The van der Waals surface area contributed by atoms with E-state index in [-0.39, 0.29) is 11.8 Å². The van der Waals surface area contributed by atoms with Crippen molar-refractivity contribution in [2.45, 2.75) is 12.5 Å². The summed E-state index contributed by atoms with van der Waals surface area (Å²) in [4.78, 5) is 10.8.